The first-order chi connectivity index (χ1) is 11.8. The number of hydrogen-bond donors (Lipinski definition) is 0. The van der Waals surface area contributed by atoms with Crippen LogP contribution in [0, 0.1) is 6.92 Å². The highest BCUT2D eigenvalue weighted by Gasteiger charge is 2.52. The van der Waals surface area contributed by atoms with Crippen LogP contribution in [0.4, 0.5) is 23.8 Å². The summed E-state index contributed by atoms with van der Waals surface area (Å²) < 4.78 is 51.5. The van der Waals surface area contributed by atoms with Crippen LogP contribution < -0.4 is 9.64 Å². The fourth-order valence-corrected chi connectivity index (χ4v) is 3.01. The van der Waals surface area contributed by atoms with Crippen LogP contribution >= 0.6 is 0 Å². The van der Waals surface area contributed by atoms with Gasteiger partial charge in [-0.25, -0.2) is 14.7 Å². The number of aromatic nitrogens is 2. The summed E-state index contributed by atoms with van der Waals surface area (Å²) in [6.45, 7) is 1.95. The first-order valence-corrected chi connectivity index (χ1v) is 7.68. The molecule has 25 heavy (non-hydrogen) atoms. The van der Waals surface area contributed by atoms with Crippen molar-refractivity contribution >= 4 is 11.9 Å². The Kier molecular flexibility index (Phi) is 3.41. The van der Waals surface area contributed by atoms with Gasteiger partial charge in [-0.1, -0.05) is 6.07 Å². The molecule has 1 fully saturated rings. The van der Waals surface area contributed by atoms with E-state index in [1.165, 1.54) is 6.20 Å². The molecule has 0 unspecified atom stereocenters. The van der Waals surface area contributed by atoms with Crippen molar-refractivity contribution in [3.05, 3.63) is 30.0 Å². The van der Waals surface area contributed by atoms with E-state index in [2.05, 4.69) is 9.72 Å². The number of fused-ring (bicyclic) bond motifs is 3. The summed E-state index contributed by atoms with van der Waals surface area (Å²) in [7, 11) is 0. The number of rotatable bonds is 1. The number of carbonyl (C=O) groups excluding carboxylic acids is 1. The maximum atomic E-state index is 13.2. The van der Waals surface area contributed by atoms with E-state index in [0.717, 1.165) is 5.56 Å². The number of aryl methyl sites for hydroxylation is 1. The van der Waals surface area contributed by atoms with Crippen LogP contribution in [0.15, 0.2) is 24.4 Å². The van der Waals surface area contributed by atoms with Gasteiger partial charge < -0.3 is 14.0 Å². The molecule has 0 spiro atoms. The third-order valence-electron chi connectivity index (χ3n) is 4.23. The minimum atomic E-state index is -4.59. The molecular formula is C16H14F3N3O3. The highest BCUT2D eigenvalue weighted by molar-refractivity contribution is 5.89. The predicted molar refractivity (Wildman–Crippen MR) is 81.6 cm³/mol. The highest BCUT2D eigenvalue weighted by atomic mass is 19.4. The largest absolute Gasteiger partial charge is 0.491 e. The average Bonchev–Trinajstić information content (AvgIpc) is 3.07. The van der Waals surface area contributed by atoms with Crippen LogP contribution in [0.3, 0.4) is 0 Å². The van der Waals surface area contributed by atoms with E-state index in [9.17, 15) is 18.0 Å². The topological polar surface area (TPSA) is 56.6 Å². The third-order valence-corrected chi connectivity index (χ3v) is 4.23. The van der Waals surface area contributed by atoms with Crippen molar-refractivity contribution < 1.29 is 27.4 Å². The molecule has 1 aromatic heterocycles. The molecule has 3 heterocycles. The Morgan fingerprint density at radius 3 is 2.84 bits per heavy atom. The van der Waals surface area contributed by atoms with Crippen molar-refractivity contribution in [2.24, 2.45) is 0 Å². The van der Waals surface area contributed by atoms with Crippen LogP contribution in [-0.2, 0) is 11.3 Å². The molecule has 6 nitrogen and oxygen atoms in total. The van der Waals surface area contributed by atoms with Crippen molar-refractivity contribution in [1.82, 2.24) is 9.55 Å². The lowest BCUT2D eigenvalue weighted by atomic mass is 10.1. The van der Waals surface area contributed by atoms with Crippen molar-refractivity contribution in [3.8, 4) is 17.1 Å². The number of hydrogen-bond acceptors (Lipinski definition) is 4. The van der Waals surface area contributed by atoms with Gasteiger partial charge in [0.25, 0.3) is 0 Å². The Labute approximate surface area is 140 Å². The number of imidazole rings is 1. The Morgan fingerprint density at radius 1 is 1.28 bits per heavy atom. The minimum Gasteiger partial charge on any atom is -0.491 e. The lowest BCUT2D eigenvalue weighted by Gasteiger charge is -2.21. The number of benzene rings is 1. The summed E-state index contributed by atoms with van der Waals surface area (Å²) in [4.78, 5) is 16.7. The molecule has 0 bridgehead atoms. The Bertz CT molecular complexity index is 847. The van der Waals surface area contributed by atoms with Gasteiger partial charge in [0.05, 0.1) is 12.1 Å². The van der Waals surface area contributed by atoms with E-state index in [4.69, 9.17) is 4.74 Å². The SMILES string of the molecule is Cc1ccc2c(c1)OCCn1cc(N3C(=O)OC[C@H]3C(F)(F)F)nc1-2. The second kappa shape index (κ2) is 5.40. The minimum absolute atomic E-state index is 0.0757. The summed E-state index contributed by atoms with van der Waals surface area (Å²) in [6.07, 6.45) is -4.21. The first-order valence-electron chi connectivity index (χ1n) is 7.68. The highest BCUT2D eigenvalue weighted by Crippen LogP contribution is 2.37. The number of nitrogens with zero attached hydrogens (tertiary/aromatic N) is 3. The fraction of sp³-hybridized carbons (Fsp3) is 0.375. The van der Waals surface area contributed by atoms with Gasteiger partial charge >= 0.3 is 12.3 Å². The molecule has 1 saturated heterocycles. The molecule has 2 aliphatic rings. The second-order valence-electron chi connectivity index (χ2n) is 5.97. The van der Waals surface area contributed by atoms with Gasteiger partial charge in [-0.05, 0) is 24.6 Å². The van der Waals surface area contributed by atoms with E-state index in [-0.39, 0.29) is 5.82 Å². The van der Waals surface area contributed by atoms with Gasteiger partial charge in [-0.2, -0.15) is 13.2 Å². The number of alkyl halides is 3. The monoisotopic (exact) mass is 353 g/mol. The zero-order valence-corrected chi connectivity index (χ0v) is 13.2. The van der Waals surface area contributed by atoms with Crippen molar-refractivity contribution in [3.63, 3.8) is 0 Å². The maximum absolute atomic E-state index is 13.2. The van der Waals surface area contributed by atoms with Crippen LogP contribution in [0.5, 0.6) is 5.75 Å². The van der Waals surface area contributed by atoms with Crippen LogP contribution in [0.1, 0.15) is 5.56 Å². The summed E-state index contributed by atoms with van der Waals surface area (Å²) in [5.41, 5.74) is 1.67. The van der Waals surface area contributed by atoms with Crippen LogP contribution in [0.25, 0.3) is 11.4 Å². The molecule has 1 amide bonds. The lowest BCUT2D eigenvalue weighted by Crippen LogP contribution is -2.44. The number of anilines is 1. The summed E-state index contributed by atoms with van der Waals surface area (Å²) >= 11 is 0. The van der Waals surface area contributed by atoms with Crippen molar-refractivity contribution in [2.75, 3.05) is 18.1 Å². The summed E-state index contributed by atoms with van der Waals surface area (Å²) in [5.74, 6) is 1.00. The summed E-state index contributed by atoms with van der Waals surface area (Å²) in [6, 6.07) is 3.49. The molecule has 4 rings (SSSR count). The van der Waals surface area contributed by atoms with Crippen molar-refractivity contribution in [2.45, 2.75) is 25.7 Å². The third kappa shape index (κ3) is 2.59. The number of halogens is 3. The molecule has 2 aliphatic heterocycles. The van der Waals surface area contributed by atoms with Gasteiger partial charge in [0.2, 0.25) is 0 Å². The molecule has 9 heteroatoms. The average molecular weight is 353 g/mol. The van der Waals surface area contributed by atoms with Crippen LogP contribution in [0.2, 0.25) is 0 Å². The Balaban J connectivity index is 1.79. The smallest absolute Gasteiger partial charge is 0.416 e. The zero-order chi connectivity index (χ0) is 17.8. The molecule has 0 radical (unpaired) electrons. The maximum Gasteiger partial charge on any atom is 0.416 e. The quantitative estimate of drug-likeness (QED) is 0.790. The molecule has 132 valence electrons. The summed E-state index contributed by atoms with van der Waals surface area (Å²) in [5, 5.41) is 0. The Morgan fingerprint density at radius 2 is 2.08 bits per heavy atom. The van der Waals surface area contributed by atoms with Crippen molar-refractivity contribution in [1.29, 1.82) is 0 Å². The second-order valence-corrected chi connectivity index (χ2v) is 5.97. The van der Waals surface area contributed by atoms with E-state index in [1.54, 1.807) is 4.57 Å². The Hall–Kier alpha value is -2.71. The molecule has 2 aromatic rings. The number of cyclic esters (lactones) is 1. The van der Waals surface area contributed by atoms with E-state index in [1.807, 2.05) is 25.1 Å². The zero-order valence-electron chi connectivity index (χ0n) is 13.2. The first kappa shape index (κ1) is 15.8. The molecule has 0 aliphatic carbocycles. The number of ether oxygens (including phenoxy) is 2. The van der Waals surface area contributed by atoms with Gasteiger partial charge in [0, 0.05) is 6.20 Å². The van der Waals surface area contributed by atoms with Gasteiger partial charge in [-0.3, -0.25) is 0 Å². The lowest BCUT2D eigenvalue weighted by molar-refractivity contribution is -0.147. The van der Waals surface area contributed by atoms with Gasteiger partial charge in [0.1, 0.15) is 24.8 Å². The molecule has 0 N–H and O–H groups in total. The van der Waals surface area contributed by atoms with Gasteiger partial charge in [0.15, 0.2) is 11.9 Å². The van der Waals surface area contributed by atoms with Gasteiger partial charge in [-0.15, -0.1) is 0 Å². The normalized spacial score (nSPS) is 19.8. The van der Waals surface area contributed by atoms with E-state index in [0.29, 0.717) is 35.2 Å². The van der Waals surface area contributed by atoms with E-state index < -0.39 is 24.9 Å². The molecular weight excluding hydrogens is 339 g/mol. The fourth-order valence-electron chi connectivity index (χ4n) is 3.01. The number of amides is 1. The molecule has 1 atom stereocenters. The number of carbonyl (C=O) groups is 1. The molecule has 0 saturated carbocycles. The van der Waals surface area contributed by atoms with Crippen LogP contribution in [-0.4, -0.2) is 41.1 Å². The standard InChI is InChI=1S/C16H14F3N3O3/c1-9-2-3-10-11(6-9)24-5-4-21-7-13(20-14(10)21)22-12(16(17,18)19)8-25-15(22)23/h2-3,6-7,12H,4-5,8H2,1H3/t12-/m0/s1. The van der Waals surface area contributed by atoms with E-state index >= 15 is 0 Å². The predicted octanol–water partition coefficient (Wildman–Crippen LogP) is 3.14. The molecule has 1 aromatic carbocycles.